The van der Waals surface area contributed by atoms with Crippen molar-refractivity contribution in [2.75, 3.05) is 0 Å². The van der Waals surface area contributed by atoms with Gasteiger partial charge in [0, 0.05) is 22.2 Å². The lowest BCUT2D eigenvalue weighted by molar-refractivity contribution is -0.646. The van der Waals surface area contributed by atoms with Crippen molar-refractivity contribution in [3.63, 3.8) is 0 Å². The van der Waals surface area contributed by atoms with Crippen molar-refractivity contribution in [1.29, 1.82) is 0 Å². The first-order valence-corrected chi connectivity index (χ1v) is 9.88. The highest BCUT2D eigenvalue weighted by Gasteiger charge is 2.26. The SMILES string of the molecule is Cc1cc2c3ccccc3n3c2c(c1C)c1c2c(cc4occc4c23)nc[n+]1C. The summed E-state index contributed by atoms with van der Waals surface area (Å²) >= 11 is 0. The number of furan rings is 1. The minimum Gasteiger partial charge on any atom is -0.464 e. The minimum absolute atomic E-state index is 0.873. The fourth-order valence-electron chi connectivity index (χ4n) is 5.21. The molecule has 4 heterocycles. The Kier molecular flexibility index (Phi) is 2.55. The maximum absolute atomic E-state index is 5.82. The fourth-order valence-corrected chi connectivity index (χ4v) is 5.21. The molecule has 0 radical (unpaired) electrons. The second-order valence-electron chi connectivity index (χ2n) is 8.10. The van der Waals surface area contributed by atoms with E-state index < -0.39 is 0 Å². The van der Waals surface area contributed by atoms with Gasteiger partial charge >= 0.3 is 0 Å². The molecule has 0 spiro atoms. The van der Waals surface area contributed by atoms with Crippen molar-refractivity contribution in [2.24, 2.45) is 7.05 Å². The Labute approximate surface area is 165 Å². The van der Waals surface area contributed by atoms with Crippen molar-refractivity contribution in [3.8, 4) is 0 Å². The molecule has 0 fully saturated rings. The summed E-state index contributed by atoms with van der Waals surface area (Å²) in [6.45, 7) is 4.45. The van der Waals surface area contributed by atoms with E-state index in [-0.39, 0.29) is 0 Å². The summed E-state index contributed by atoms with van der Waals surface area (Å²) in [5.41, 5.74) is 9.38. The van der Waals surface area contributed by atoms with Crippen molar-refractivity contribution in [3.05, 3.63) is 66.2 Å². The summed E-state index contributed by atoms with van der Waals surface area (Å²) in [4.78, 5) is 4.76. The summed E-state index contributed by atoms with van der Waals surface area (Å²) in [5.74, 6) is 0. The van der Waals surface area contributed by atoms with E-state index in [2.05, 4.69) is 72.3 Å². The molecule has 4 nitrogen and oxygen atoms in total. The van der Waals surface area contributed by atoms with Crippen LogP contribution in [0.15, 0.2) is 59.5 Å². The number of aryl methyl sites for hydroxylation is 3. The number of hydrogen-bond donors (Lipinski definition) is 0. The van der Waals surface area contributed by atoms with E-state index in [1.165, 1.54) is 54.7 Å². The molecule has 0 atom stereocenters. The molecule has 0 aliphatic heterocycles. The van der Waals surface area contributed by atoms with Crippen LogP contribution in [0, 0.1) is 13.8 Å². The number of para-hydroxylation sites is 1. The lowest BCUT2D eigenvalue weighted by atomic mass is 9.97. The van der Waals surface area contributed by atoms with Crippen LogP contribution in [0.25, 0.3) is 60.1 Å². The molecule has 0 amide bonds. The molecular formula is C25H18N3O+. The van der Waals surface area contributed by atoms with Gasteiger partial charge in [-0.3, -0.25) is 0 Å². The Hall–Kier alpha value is -3.66. The van der Waals surface area contributed by atoms with Crippen molar-refractivity contribution in [2.45, 2.75) is 13.8 Å². The van der Waals surface area contributed by atoms with Crippen molar-refractivity contribution >= 4 is 60.1 Å². The molecule has 0 N–H and O–H groups in total. The van der Waals surface area contributed by atoms with Crippen LogP contribution in [-0.4, -0.2) is 9.38 Å². The third-order valence-electron chi connectivity index (χ3n) is 6.61. The monoisotopic (exact) mass is 376 g/mol. The van der Waals surface area contributed by atoms with Gasteiger partial charge in [0.15, 0.2) is 5.52 Å². The first-order chi connectivity index (χ1) is 14.1. The van der Waals surface area contributed by atoms with Gasteiger partial charge in [0.25, 0.3) is 6.33 Å². The molecule has 0 aliphatic carbocycles. The van der Waals surface area contributed by atoms with E-state index >= 15 is 0 Å². The summed E-state index contributed by atoms with van der Waals surface area (Å²) in [6.07, 6.45) is 3.70. The lowest BCUT2D eigenvalue weighted by Gasteiger charge is -2.14. The van der Waals surface area contributed by atoms with Crippen LogP contribution in [0.4, 0.5) is 0 Å². The quantitative estimate of drug-likeness (QED) is 0.197. The smallest absolute Gasteiger partial charge is 0.287 e. The summed E-state index contributed by atoms with van der Waals surface area (Å²) < 4.78 is 10.4. The van der Waals surface area contributed by atoms with Crippen LogP contribution in [0.2, 0.25) is 0 Å². The molecule has 7 rings (SSSR count). The molecule has 4 heteroatoms. The minimum atomic E-state index is 0.873. The zero-order valence-corrected chi connectivity index (χ0v) is 16.4. The highest BCUT2D eigenvalue weighted by atomic mass is 16.3. The Balaban J connectivity index is 2.06. The van der Waals surface area contributed by atoms with E-state index in [1.807, 2.05) is 6.33 Å². The van der Waals surface area contributed by atoms with E-state index in [4.69, 9.17) is 9.40 Å². The van der Waals surface area contributed by atoms with Gasteiger partial charge in [-0.2, -0.15) is 0 Å². The summed E-state index contributed by atoms with van der Waals surface area (Å²) in [7, 11) is 2.09. The third-order valence-corrected chi connectivity index (χ3v) is 6.61. The fraction of sp³-hybridized carbons (Fsp3) is 0.120. The van der Waals surface area contributed by atoms with Gasteiger partial charge in [-0.15, -0.1) is 0 Å². The van der Waals surface area contributed by atoms with Crippen LogP contribution in [0.1, 0.15) is 11.1 Å². The Morgan fingerprint density at radius 2 is 1.76 bits per heavy atom. The highest BCUT2D eigenvalue weighted by Crippen LogP contribution is 2.43. The van der Waals surface area contributed by atoms with Crippen LogP contribution in [-0.2, 0) is 7.05 Å². The number of pyridine rings is 1. The molecule has 138 valence electrons. The normalized spacial score (nSPS) is 12.7. The van der Waals surface area contributed by atoms with Crippen LogP contribution in [0.5, 0.6) is 0 Å². The van der Waals surface area contributed by atoms with Crippen LogP contribution in [0.3, 0.4) is 0 Å². The molecular weight excluding hydrogens is 358 g/mol. The molecule has 0 aliphatic rings. The van der Waals surface area contributed by atoms with E-state index in [0.29, 0.717) is 0 Å². The molecule has 0 saturated heterocycles. The van der Waals surface area contributed by atoms with Gasteiger partial charge < -0.3 is 8.82 Å². The van der Waals surface area contributed by atoms with E-state index in [0.717, 1.165) is 16.5 Å². The van der Waals surface area contributed by atoms with Crippen LogP contribution < -0.4 is 4.57 Å². The Morgan fingerprint density at radius 1 is 0.931 bits per heavy atom. The number of aromatic nitrogens is 3. The van der Waals surface area contributed by atoms with E-state index in [1.54, 1.807) is 6.26 Å². The molecule has 29 heavy (non-hydrogen) atoms. The number of nitrogens with zero attached hydrogens (tertiary/aromatic N) is 3. The van der Waals surface area contributed by atoms with Gasteiger partial charge in [-0.05, 0) is 48.2 Å². The second kappa shape index (κ2) is 4.84. The summed E-state index contributed by atoms with van der Waals surface area (Å²) in [5, 5.41) is 6.20. The van der Waals surface area contributed by atoms with Gasteiger partial charge in [0.1, 0.15) is 11.1 Å². The summed E-state index contributed by atoms with van der Waals surface area (Å²) in [6, 6.07) is 15.2. The number of fused-ring (bicyclic) bond motifs is 7. The first-order valence-electron chi connectivity index (χ1n) is 9.88. The van der Waals surface area contributed by atoms with Gasteiger partial charge in [0.2, 0.25) is 0 Å². The predicted molar refractivity (Wildman–Crippen MR) is 117 cm³/mol. The van der Waals surface area contributed by atoms with Gasteiger partial charge in [-0.25, -0.2) is 4.57 Å². The van der Waals surface area contributed by atoms with Gasteiger partial charge in [0.05, 0.1) is 40.6 Å². The highest BCUT2D eigenvalue weighted by molar-refractivity contribution is 6.29. The number of hydrogen-bond acceptors (Lipinski definition) is 2. The molecule has 3 aromatic carbocycles. The number of rotatable bonds is 0. The molecule has 0 unspecified atom stereocenters. The standard InChI is InChI=1S/C25H18N3O/c1-13-10-17-15-6-4-5-7-19(15)28-23-16-8-9-29-20(16)11-18-22(23)25(27(3)12-26-18)21(14(13)2)24(17)28/h4-12H,1-3H3/q+1. The zero-order chi connectivity index (χ0) is 19.4. The third kappa shape index (κ3) is 1.63. The van der Waals surface area contributed by atoms with E-state index in [9.17, 15) is 0 Å². The maximum Gasteiger partial charge on any atom is 0.287 e. The predicted octanol–water partition coefficient (Wildman–Crippen LogP) is 5.57. The molecule has 0 saturated carbocycles. The average Bonchev–Trinajstić information content (AvgIpc) is 3.32. The molecule has 7 aromatic rings. The Bertz CT molecular complexity index is 1790. The largest absolute Gasteiger partial charge is 0.464 e. The zero-order valence-electron chi connectivity index (χ0n) is 16.4. The average molecular weight is 376 g/mol. The second-order valence-corrected chi connectivity index (χ2v) is 8.10. The topological polar surface area (TPSA) is 34.3 Å². The lowest BCUT2D eigenvalue weighted by Crippen LogP contribution is -2.30. The number of benzene rings is 3. The van der Waals surface area contributed by atoms with Crippen LogP contribution >= 0.6 is 0 Å². The van der Waals surface area contributed by atoms with Gasteiger partial charge in [-0.1, -0.05) is 18.2 Å². The van der Waals surface area contributed by atoms with Crippen molar-refractivity contribution < 1.29 is 8.98 Å². The van der Waals surface area contributed by atoms with Crippen molar-refractivity contribution in [1.82, 2.24) is 9.38 Å². The maximum atomic E-state index is 5.82. The Morgan fingerprint density at radius 3 is 2.66 bits per heavy atom. The first kappa shape index (κ1) is 15.3. The molecule has 4 aromatic heterocycles. The molecule has 0 bridgehead atoms.